The molecule has 2 N–H and O–H groups in total. The fourth-order valence-corrected chi connectivity index (χ4v) is 1.61. The van der Waals surface area contributed by atoms with Crippen molar-refractivity contribution < 1.29 is 18.8 Å². The molecule has 0 radical (unpaired) electrons. The summed E-state index contributed by atoms with van der Waals surface area (Å²) < 4.78 is 4.78. The number of aromatic amines is 1. The van der Waals surface area contributed by atoms with E-state index in [1.807, 2.05) is 0 Å². The molecule has 2 amide bonds. The molecule has 16 heavy (non-hydrogen) atoms. The summed E-state index contributed by atoms with van der Waals surface area (Å²) in [4.78, 5) is 36.8. The minimum atomic E-state index is -0.849. The van der Waals surface area contributed by atoms with Gasteiger partial charge in [0.25, 0.3) is 5.35 Å². The van der Waals surface area contributed by atoms with Gasteiger partial charge in [0.2, 0.25) is 5.35 Å². The molecule has 0 saturated carbocycles. The Labute approximate surface area is 86.5 Å². The number of hydrogen-bond donors (Lipinski definition) is 2. The summed E-state index contributed by atoms with van der Waals surface area (Å²) in [5.41, 5.74) is 0.370. The minimum absolute atomic E-state index is 0.249. The van der Waals surface area contributed by atoms with Crippen LogP contribution in [-0.2, 0) is 9.59 Å². The van der Waals surface area contributed by atoms with Crippen LogP contribution in [0.5, 0.6) is 0 Å². The topological polar surface area (TPSA) is 110 Å². The van der Waals surface area contributed by atoms with Crippen LogP contribution in [-0.4, -0.2) is 28.7 Å². The summed E-state index contributed by atoms with van der Waals surface area (Å²) in [6.45, 7) is 0. The monoisotopic (exact) mass is 221 g/mol. The number of nitrogens with one attached hydrogen (secondary N) is 2. The van der Waals surface area contributed by atoms with E-state index in [0.29, 0.717) is 11.1 Å². The first-order valence-corrected chi connectivity index (χ1v) is 4.43. The smallest absolute Gasteiger partial charge is 0.335 e. The van der Waals surface area contributed by atoms with Crippen molar-refractivity contribution in [3.63, 3.8) is 0 Å². The van der Waals surface area contributed by atoms with E-state index in [4.69, 9.17) is 0 Å². The Morgan fingerprint density at radius 3 is 3.06 bits per heavy atom. The van der Waals surface area contributed by atoms with Crippen LogP contribution in [0.3, 0.4) is 0 Å². The van der Waals surface area contributed by atoms with E-state index in [-0.39, 0.29) is 9.95 Å². The highest BCUT2D eigenvalue weighted by molar-refractivity contribution is 6.42. The van der Waals surface area contributed by atoms with Crippen molar-refractivity contribution in [2.45, 2.75) is 6.04 Å². The molecule has 3 rings (SSSR count). The Kier molecular flexibility index (Phi) is 1.51. The normalized spacial score (nSPS) is 22.2. The summed E-state index contributed by atoms with van der Waals surface area (Å²) in [6.07, 6.45) is 2.95. The summed E-state index contributed by atoms with van der Waals surface area (Å²) in [6, 6.07) is -0.566. The van der Waals surface area contributed by atoms with Crippen molar-refractivity contribution in [1.29, 1.82) is 0 Å². The van der Waals surface area contributed by atoms with E-state index in [9.17, 15) is 14.5 Å². The first kappa shape index (κ1) is 8.77. The second kappa shape index (κ2) is 2.75. The van der Waals surface area contributed by atoms with Crippen LogP contribution in [0.4, 0.5) is 0 Å². The van der Waals surface area contributed by atoms with Crippen molar-refractivity contribution in [2.75, 3.05) is 0 Å². The predicted octanol–water partition coefficient (Wildman–Crippen LogP) is -3.44. The molecule has 1 aliphatic heterocycles. The number of fused-ring (bicyclic) bond motifs is 2. The molecule has 1 aromatic rings. The van der Waals surface area contributed by atoms with Gasteiger partial charge in [-0.1, -0.05) is 9.79 Å². The van der Waals surface area contributed by atoms with E-state index >= 15 is 0 Å². The van der Waals surface area contributed by atoms with Gasteiger partial charge in [-0.15, -0.1) is 0 Å². The zero-order valence-electron chi connectivity index (χ0n) is 7.76. The summed E-state index contributed by atoms with van der Waals surface area (Å²) in [7, 11) is 0. The van der Waals surface area contributed by atoms with Crippen LogP contribution < -0.4 is 20.6 Å². The van der Waals surface area contributed by atoms with Gasteiger partial charge in [-0.25, -0.2) is 4.99 Å². The molecule has 0 bridgehead atoms. The van der Waals surface area contributed by atoms with Gasteiger partial charge >= 0.3 is 11.8 Å². The largest absolute Gasteiger partial charge is 0.336 e. The predicted molar refractivity (Wildman–Crippen MR) is 49.0 cm³/mol. The van der Waals surface area contributed by atoms with Gasteiger partial charge in [0.15, 0.2) is 4.60 Å². The molecular formula is C8H5N4O4+. The fourth-order valence-electron chi connectivity index (χ4n) is 1.61. The molecule has 0 aromatic carbocycles. The zero-order valence-corrected chi connectivity index (χ0v) is 7.76. The van der Waals surface area contributed by atoms with Crippen molar-refractivity contribution >= 4 is 29.7 Å². The van der Waals surface area contributed by atoms with Crippen molar-refractivity contribution in [3.05, 3.63) is 15.6 Å². The number of rotatable bonds is 0. The first-order valence-electron chi connectivity index (χ1n) is 4.43. The van der Waals surface area contributed by atoms with E-state index < -0.39 is 17.9 Å². The van der Waals surface area contributed by atoms with Crippen molar-refractivity contribution in [3.8, 4) is 0 Å². The highest BCUT2D eigenvalue weighted by Gasteiger charge is 2.30. The van der Waals surface area contributed by atoms with Gasteiger partial charge in [-0.05, 0) is 4.91 Å². The third-order valence-corrected chi connectivity index (χ3v) is 2.36. The quantitative estimate of drug-likeness (QED) is 0.444. The Morgan fingerprint density at radius 2 is 2.25 bits per heavy atom. The summed E-state index contributed by atoms with van der Waals surface area (Å²) in [5.74, 6) is -1.63. The molecule has 1 unspecified atom stereocenters. The van der Waals surface area contributed by atoms with Crippen LogP contribution >= 0.6 is 0 Å². The number of carbonyl (C=O) groups excluding carboxylic acids is 2. The third-order valence-electron chi connectivity index (χ3n) is 2.36. The molecule has 0 spiro atoms. The number of amides is 2. The lowest BCUT2D eigenvalue weighted by Gasteiger charge is -2.18. The maximum atomic E-state index is 11.1. The number of aromatic nitrogens is 2. The average Bonchev–Trinajstić information content (AvgIpc) is 2.59. The maximum Gasteiger partial charge on any atom is 0.335 e. The molecule has 8 heteroatoms. The Balaban J connectivity index is 2.30. The first-order chi connectivity index (χ1) is 7.65. The molecule has 1 atom stereocenters. The Bertz CT molecular complexity index is 707. The Hall–Kier alpha value is -2.51. The van der Waals surface area contributed by atoms with Crippen LogP contribution in [0.25, 0.3) is 12.2 Å². The van der Waals surface area contributed by atoms with Crippen molar-refractivity contribution in [1.82, 2.24) is 10.5 Å². The maximum absolute atomic E-state index is 11.1. The van der Waals surface area contributed by atoms with Crippen LogP contribution in [0.2, 0.25) is 0 Å². The Morgan fingerprint density at radius 1 is 1.44 bits per heavy atom. The van der Waals surface area contributed by atoms with Crippen LogP contribution in [0.15, 0.2) is 9.62 Å². The number of carbonyl (C=O) groups is 2. The second-order valence-electron chi connectivity index (χ2n) is 3.35. The van der Waals surface area contributed by atoms with Gasteiger partial charge in [0.05, 0.1) is 11.8 Å². The number of hydrogen-bond acceptors (Lipinski definition) is 4. The highest BCUT2D eigenvalue weighted by Crippen LogP contribution is 2.02. The summed E-state index contributed by atoms with van der Waals surface area (Å²) >= 11 is 0. The fraction of sp³-hybridized carbons (Fsp3) is 0.125. The second-order valence-corrected chi connectivity index (χ2v) is 3.35. The lowest BCUT2D eigenvalue weighted by molar-refractivity contribution is -0.723. The van der Waals surface area contributed by atoms with Crippen molar-refractivity contribution in [2.24, 2.45) is 4.99 Å². The van der Waals surface area contributed by atoms with E-state index in [1.165, 1.54) is 12.2 Å². The number of H-pyrrole nitrogens is 1. The van der Waals surface area contributed by atoms with Gasteiger partial charge in [-0.2, -0.15) is 0 Å². The zero-order chi connectivity index (χ0) is 11.3. The highest BCUT2D eigenvalue weighted by atomic mass is 16.7. The molecule has 0 fully saturated rings. The van der Waals surface area contributed by atoms with Gasteiger partial charge in [0.1, 0.15) is 0 Å². The van der Waals surface area contributed by atoms with Crippen LogP contribution in [0, 0.1) is 4.91 Å². The molecule has 2 aliphatic rings. The van der Waals surface area contributed by atoms with Crippen LogP contribution in [0.1, 0.15) is 0 Å². The molecule has 8 nitrogen and oxygen atoms in total. The lowest BCUT2D eigenvalue weighted by atomic mass is 10.1. The van der Waals surface area contributed by atoms with E-state index in [1.54, 1.807) is 0 Å². The van der Waals surface area contributed by atoms with E-state index in [0.717, 1.165) is 0 Å². The molecule has 80 valence electrons. The molecule has 0 saturated heterocycles. The van der Waals surface area contributed by atoms with E-state index in [2.05, 4.69) is 20.1 Å². The molecule has 1 aliphatic carbocycles. The number of nitrogens with zero attached hydrogens (tertiary/aromatic N) is 2. The standard InChI is InChI=1S/C8H4N4O4/c13-7-8(14)10-4-2-6-5(1-3(4)9-7)11-16-12(6)15/h1-2,4H,(H-,9,10,11,13,14)/p+1. The summed E-state index contributed by atoms with van der Waals surface area (Å²) in [5, 5.41) is 5.44. The minimum Gasteiger partial charge on any atom is -0.336 e. The molecular weight excluding hydrogens is 216 g/mol. The van der Waals surface area contributed by atoms with Gasteiger partial charge in [-0.3, -0.25) is 9.59 Å². The average molecular weight is 221 g/mol. The lowest BCUT2D eigenvalue weighted by Crippen LogP contribution is -2.53. The SMILES string of the molecule is O=C1N=C2C=c3[nH]o[n+](=O)c3=CC2NC1=O. The van der Waals surface area contributed by atoms with Gasteiger partial charge < -0.3 is 5.32 Å². The molecule has 2 heterocycles. The van der Waals surface area contributed by atoms with Gasteiger partial charge in [0, 0.05) is 12.2 Å². The molecule has 1 aromatic heterocycles. The third kappa shape index (κ3) is 1.06. The number of aliphatic imine (C=N–C) groups is 1.